The van der Waals surface area contributed by atoms with Crippen LogP contribution in [0.25, 0.3) is 6.08 Å². The number of rotatable bonds is 4. The lowest BCUT2D eigenvalue weighted by atomic mass is 10.1. The summed E-state index contributed by atoms with van der Waals surface area (Å²) < 4.78 is 10.3. The molecule has 0 bridgehead atoms. The number of nitriles is 1. The Labute approximate surface area is 133 Å². The maximum atomic E-state index is 12.1. The quantitative estimate of drug-likeness (QED) is 0.372. The smallest absolute Gasteiger partial charge is 0.354 e. The average molecular weight is 314 g/mol. The van der Waals surface area contributed by atoms with Gasteiger partial charge in [0.05, 0.1) is 12.1 Å². The number of halogens is 1. The molecular formula is C17H12ClNO3. The van der Waals surface area contributed by atoms with Crippen molar-refractivity contribution in [1.82, 2.24) is 0 Å². The van der Waals surface area contributed by atoms with Gasteiger partial charge in [0.25, 0.3) is 0 Å². The Morgan fingerprint density at radius 1 is 1.14 bits per heavy atom. The lowest BCUT2D eigenvalue weighted by Gasteiger charge is -2.06. The van der Waals surface area contributed by atoms with E-state index in [9.17, 15) is 10.1 Å². The highest BCUT2D eigenvalue weighted by molar-refractivity contribution is 6.32. The summed E-state index contributed by atoms with van der Waals surface area (Å²) in [5.74, 6) is -0.0161. The van der Waals surface area contributed by atoms with Crippen molar-refractivity contribution in [2.75, 3.05) is 7.11 Å². The molecule has 2 rings (SSSR count). The van der Waals surface area contributed by atoms with E-state index in [1.165, 1.54) is 13.2 Å². The minimum absolute atomic E-state index is 0.149. The zero-order chi connectivity index (χ0) is 15.9. The first-order valence-electron chi connectivity index (χ1n) is 6.37. The topological polar surface area (TPSA) is 59.3 Å². The van der Waals surface area contributed by atoms with Crippen LogP contribution in [-0.2, 0) is 4.79 Å². The second-order valence-corrected chi connectivity index (χ2v) is 4.64. The van der Waals surface area contributed by atoms with Crippen molar-refractivity contribution in [3.05, 3.63) is 64.7 Å². The van der Waals surface area contributed by atoms with Crippen LogP contribution in [0.15, 0.2) is 54.1 Å². The predicted molar refractivity (Wildman–Crippen MR) is 83.7 cm³/mol. The van der Waals surface area contributed by atoms with E-state index in [1.54, 1.807) is 48.5 Å². The van der Waals surface area contributed by atoms with E-state index in [1.807, 2.05) is 6.07 Å². The van der Waals surface area contributed by atoms with E-state index in [2.05, 4.69) is 0 Å². The van der Waals surface area contributed by atoms with Crippen LogP contribution in [0.2, 0.25) is 5.02 Å². The van der Waals surface area contributed by atoms with Crippen LogP contribution in [0.5, 0.6) is 11.5 Å². The molecule has 4 nitrogen and oxygen atoms in total. The van der Waals surface area contributed by atoms with E-state index in [0.29, 0.717) is 16.3 Å². The molecule has 0 N–H and O–H groups in total. The van der Waals surface area contributed by atoms with Crippen molar-refractivity contribution in [2.45, 2.75) is 0 Å². The highest BCUT2D eigenvalue weighted by atomic mass is 35.5. The molecule has 0 radical (unpaired) electrons. The molecule has 2 aromatic carbocycles. The number of carbonyl (C=O) groups is 1. The highest BCUT2D eigenvalue weighted by Crippen LogP contribution is 2.25. The number of nitrogens with zero attached hydrogens (tertiary/aromatic N) is 1. The first-order chi connectivity index (χ1) is 10.7. The summed E-state index contributed by atoms with van der Waals surface area (Å²) in [5, 5.41) is 9.47. The summed E-state index contributed by atoms with van der Waals surface area (Å²) in [6, 6.07) is 15.4. The molecule has 0 aliphatic rings. The van der Waals surface area contributed by atoms with Crippen LogP contribution in [0.3, 0.4) is 0 Å². The molecule has 5 heteroatoms. The van der Waals surface area contributed by atoms with Crippen molar-refractivity contribution in [2.24, 2.45) is 0 Å². The Bertz CT molecular complexity index is 762. The summed E-state index contributed by atoms with van der Waals surface area (Å²) in [6.45, 7) is 0. The Morgan fingerprint density at radius 2 is 1.77 bits per heavy atom. The van der Waals surface area contributed by atoms with Gasteiger partial charge in [0.15, 0.2) is 0 Å². The Balaban J connectivity index is 2.28. The second-order valence-electron chi connectivity index (χ2n) is 4.23. The first-order valence-corrected chi connectivity index (χ1v) is 6.75. The molecule has 0 saturated heterocycles. The molecule has 0 spiro atoms. The highest BCUT2D eigenvalue weighted by Gasteiger charge is 2.14. The van der Waals surface area contributed by atoms with E-state index in [-0.39, 0.29) is 11.3 Å². The van der Waals surface area contributed by atoms with E-state index in [0.717, 1.165) is 0 Å². The summed E-state index contributed by atoms with van der Waals surface area (Å²) >= 11 is 5.92. The summed E-state index contributed by atoms with van der Waals surface area (Å²) in [4.78, 5) is 12.1. The number of benzene rings is 2. The number of hydrogen-bond donors (Lipinski definition) is 0. The third-order valence-corrected chi connectivity index (χ3v) is 3.13. The van der Waals surface area contributed by atoms with Gasteiger partial charge in [-0.25, -0.2) is 4.79 Å². The van der Waals surface area contributed by atoms with Gasteiger partial charge in [0, 0.05) is 5.56 Å². The second kappa shape index (κ2) is 7.30. The summed E-state index contributed by atoms with van der Waals surface area (Å²) in [6.07, 6.45) is 1.41. The van der Waals surface area contributed by atoms with Gasteiger partial charge in [-0.3, -0.25) is 0 Å². The fourth-order valence-electron chi connectivity index (χ4n) is 1.76. The number of para-hydroxylation sites is 2. The molecule has 0 aliphatic carbocycles. The third kappa shape index (κ3) is 3.66. The zero-order valence-electron chi connectivity index (χ0n) is 11.7. The monoisotopic (exact) mass is 313 g/mol. The van der Waals surface area contributed by atoms with Crippen LogP contribution in [-0.4, -0.2) is 13.1 Å². The molecule has 110 valence electrons. The number of methoxy groups -OCH3 is 1. The number of ether oxygens (including phenoxy) is 2. The summed E-state index contributed by atoms with van der Waals surface area (Å²) in [7, 11) is 1.51. The number of carbonyl (C=O) groups excluding carboxylic acids is 1. The van der Waals surface area contributed by atoms with Crippen LogP contribution < -0.4 is 9.47 Å². The van der Waals surface area contributed by atoms with Gasteiger partial charge in [-0.1, -0.05) is 41.9 Å². The van der Waals surface area contributed by atoms with Crippen molar-refractivity contribution >= 4 is 23.6 Å². The molecule has 0 atom stereocenters. The largest absolute Gasteiger partial charge is 0.496 e. The predicted octanol–water partition coefficient (Wildman–Crippen LogP) is 3.86. The Morgan fingerprint density at radius 3 is 2.41 bits per heavy atom. The number of esters is 1. The minimum atomic E-state index is -0.776. The van der Waals surface area contributed by atoms with Crippen LogP contribution in [0.4, 0.5) is 0 Å². The van der Waals surface area contributed by atoms with E-state index in [4.69, 9.17) is 21.1 Å². The lowest BCUT2D eigenvalue weighted by Crippen LogP contribution is -2.10. The fourth-order valence-corrected chi connectivity index (χ4v) is 1.93. The van der Waals surface area contributed by atoms with Gasteiger partial charge >= 0.3 is 5.97 Å². The van der Waals surface area contributed by atoms with Crippen molar-refractivity contribution in [1.29, 1.82) is 5.26 Å². The van der Waals surface area contributed by atoms with Crippen LogP contribution >= 0.6 is 11.6 Å². The van der Waals surface area contributed by atoms with Crippen molar-refractivity contribution in [3.63, 3.8) is 0 Å². The molecule has 0 aliphatic heterocycles. The lowest BCUT2D eigenvalue weighted by molar-refractivity contribution is -0.129. The minimum Gasteiger partial charge on any atom is -0.496 e. The maximum absolute atomic E-state index is 12.1. The Hall–Kier alpha value is -2.77. The first kappa shape index (κ1) is 15.6. The maximum Gasteiger partial charge on any atom is 0.354 e. The SMILES string of the molecule is COc1ccccc1/C=C(\C#N)C(=O)Oc1ccccc1Cl. The van der Waals surface area contributed by atoms with Crippen LogP contribution in [0, 0.1) is 11.3 Å². The molecule has 0 fully saturated rings. The molecule has 2 aromatic rings. The van der Waals surface area contributed by atoms with Gasteiger partial charge in [-0.05, 0) is 24.3 Å². The fraction of sp³-hybridized carbons (Fsp3) is 0.0588. The van der Waals surface area contributed by atoms with E-state index >= 15 is 0 Å². The Kier molecular flexibility index (Phi) is 5.18. The van der Waals surface area contributed by atoms with Gasteiger partial charge < -0.3 is 9.47 Å². The third-order valence-electron chi connectivity index (χ3n) is 2.82. The molecule has 0 amide bonds. The van der Waals surface area contributed by atoms with Gasteiger partial charge in [0.2, 0.25) is 0 Å². The molecule has 0 heterocycles. The van der Waals surface area contributed by atoms with Gasteiger partial charge in [-0.2, -0.15) is 5.26 Å². The molecular weight excluding hydrogens is 302 g/mol. The standard InChI is InChI=1S/C17H12ClNO3/c1-21-15-8-4-2-6-12(15)10-13(11-19)17(20)22-16-9-5-3-7-14(16)18/h2-10H,1H3/b13-10+. The molecule has 22 heavy (non-hydrogen) atoms. The average Bonchev–Trinajstić information content (AvgIpc) is 2.55. The number of hydrogen-bond acceptors (Lipinski definition) is 4. The molecule has 0 aromatic heterocycles. The van der Waals surface area contributed by atoms with Crippen molar-refractivity contribution in [3.8, 4) is 17.6 Å². The van der Waals surface area contributed by atoms with Gasteiger partial charge in [0.1, 0.15) is 23.1 Å². The van der Waals surface area contributed by atoms with E-state index < -0.39 is 5.97 Å². The van der Waals surface area contributed by atoms with Gasteiger partial charge in [-0.15, -0.1) is 0 Å². The molecule has 0 unspecified atom stereocenters. The van der Waals surface area contributed by atoms with Crippen LogP contribution in [0.1, 0.15) is 5.56 Å². The normalized spacial score (nSPS) is 10.7. The zero-order valence-corrected chi connectivity index (χ0v) is 12.5. The van der Waals surface area contributed by atoms with Crippen molar-refractivity contribution < 1.29 is 14.3 Å². The molecule has 0 saturated carbocycles. The summed E-state index contributed by atoms with van der Waals surface area (Å²) in [5.41, 5.74) is 0.460.